The molecule has 0 radical (unpaired) electrons. The van der Waals surface area contributed by atoms with Crippen LogP contribution in [0.25, 0.3) is 0 Å². The third-order valence-corrected chi connectivity index (χ3v) is 5.68. The number of amidine groups is 1. The summed E-state index contributed by atoms with van der Waals surface area (Å²) < 4.78 is 18.8. The van der Waals surface area contributed by atoms with Crippen molar-refractivity contribution in [2.75, 3.05) is 13.2 Å². The second kappa shape index (κ2) is 5.67. The van der Waals surface area contributed by atoms with E-state index >= 15 is 0 Å². The lowest BCUT2D eigenvalue weighted by Crippen LogP contribution is -2.52. The molecule has 3 aliphatic rings. The fraction of sp³-hybridized carbons (Fsp3) is 0.588. The number of rotatable bonds is 2. The Morgan fingerprint density at radius 2 is 2.30 bits per heavy atom. The lowest BCUT2D eigenvalue weighted by Gasteiger charge is -2.47. The van der Waals surface area contributed by atoms with Crippen LogP contribution in [0.1, 0.15) is 31.7 Å². The van der Waals surface area contributed by atoms with Crippen LogP contribution in [0.2, 0.25) is 0 Å². The lowest BCUT2D eigenvalue weighted by molar-refractivity contribution is -0.0595. The van der Waals surface area contributed by atoms with E-state index < -0.39 is 5.54 Å². The zero-order valence-electron chi connectivity index (χ0n) is 13.1. The average Bonchev–Trinajstić information content (AvgIpc) is 2.92. The predicted octanol–water partition coefficient (Wildman–Crippen LogP) is 2.96. The monoisotopic (exact) mass is 380 g/mol. The highest BCUT2D eigenvalue weighted by molar-refractivity contribution is 9.10. The Kier molecular flexibility index (Phi) is 3.76. The Labute approximate surface area is 144 Å². The molecule has 2 aliphatic heterocycles. The number of halogens is 1. The molecule has 1 saturated carbocycles. The van der Waals surface area contributed by atoms with Gasteiger partial charge in [-0.3, -0.25) is 0 Å². The molecule has 1 aromatic carbocycles. The minimum Gasteiger partial charge on any atom is -0.490 e. The summed E-state index contributed by atoms with van der Waals surface area (Å²) in [6.45, 7) is 3.26. The van der Waals surface area contributed by atoms with Crippen LogP contribution in [0.3, 0.4) is 0 Å². The standard InChI is InChI=1S/C17H21BrN2O3/c1-2-21-11-4-6-15-13(8-11)17(9-22-16(19)20-17)12-7-10(18)3-5-14(12)23-15/h3,5,7,11,13,15H,2,4,6,8-9H2,1H3,(H2,19,20)/t11?,13-,15-,17?/m0/s1. The van der Waals surface area contributed by atoms with Gasteiger partial charge in [0.25, 0.3) is 6.02 Å². The third kappa shape index (κ3) is 2.43. The first-order chi connectivity index (χ1) is 11.1. The van der Waals surface area contributed by atoms with Crippen molar-refractivity contribution < 1.29 is 14.2 Å². The number of nitrogens with two attached hydrogens (primary N) is 1. The molecule has 0 aromatic heterocycles. The van der Waals surface area contributed by atoms with Crippen molar-refractivity contribution in [3.8, 4) is 5.75 Å². The summed E-state index contributed by atoms with van der Waals surface area (Å²) in [7, 11) is 0. The van der Waals surface area contributed by atoms with Gasteiger partial charge in [-0.05, 0) is 44.4 Å². The van der Waals surface area contributed by atoms with Crippen molar-refractivity contribution in [2.24, 2.45) is 16.6 Å². The molecule has 2 N–H and O–H groups in total. The Bertz CT molecular complexity index is 651. The molecule has 5 nitrogen and oxygen atoms in total. The molecule has 124 valence electrons. The molecule has 0 amide bonds. The number of hydrogen-bond donors (Lipinski definition) is 1. The summed E-state index contributed by atoms with van der Waals surface area (Å²) in [4.78, 5) is 4.76. The van der Waals surface area contributed by atoms with Gasteiger partial charge in [0.05, 0.1) is 6.10 Å². The van der Waals surface area contributed by atoms with Gasteiger partial charge in [-0.15, -0.1) is 0 Å². The van der Waals surface area contributed by atoms with E-state index in [2.05, 4.69) is 22.0 Å². The van der Waals surface area contributed by atoms with Crippen LogP contribution in [0.5, 0.6) is 5.75 Å². The third-order valence-electron chi connectivity index (χ3n) is 5.19. The van der Waals surface area contributed by atoms with Crippen molar-refractivity contribution in [2.45, 2.75) is 43.9 Å². The Balaban J connectivity index is 1.79. The lowest BCUT2D eigenvalue weighted by atomic mass is 9.67. The number of nitrogens with zero attached hydrogens (tertiary/aromatic N) is 1. The second-order valence-corrected chi connectivity index (χ2v) is 7.37. The van der Waals surface area contributed by atoms with Crippen LogP contribution < -0.4 is 10.5 Å². The maximum Gasteiger partial charge on any atom is 0.283 e. The molecule has 1 aliphatic carbocycles. The van der Waals surface area contributed by atoms with Crippen molar-refractivity contribution in [3.05, 3.63) is 28.2 Å². The summed E-state index contributed by atoms with van der Waals surface area (Å²) in [5, 5.41) is 0. The average molecular weight is 381 g/mol. The first kappa shape index (κ1) is 15.3. The van der Waals surface area contributed by atoms with Gasteiger partial charge in [-0.2, -0.15) is 0 Å². The van der Waals surface area contributed by atoms with Gasteiger partial charge in [0.2, 0.25) is 0 Å². The van der Waals surface area contributed by atoms with Gasteiger partial charge >= 0.3 is 0 Å². The highest BCUT2D eigenvalue weighted by Gasteiger charge is 2.55. The van der Waals surface area contributed by atoms with E-state index in [1.54, 1.807) is 0 Å². The second-order valence-electron chi connectivity index (χ2n) is 6.46. The molecule has 1 aromatic rings. The van der Waals surface area contributed by atoms with E-state index in [4.69, 9.17) is 24.9 Å². The summed E-state index contributed by atoms with van der Waals surface area (Å²) in [6.07, 6.45) is 3.31. The van der Waals surface area contributed by atoms with Gasteiger partial charge in [-0.25, -0.2) is 4.99 Å². The zero-order chi connectivity index (χ0) is 16.0. The fourth-order valence-electron chi connectivity index (χ4n) is 4.21. The van der Waals surface area contributed by atoms with Crippen LogP contribution in [0.15, 0.2) is 27.7 Å². The van der Waals surface area contributed by atoms with Gasteiger partial charge in [0.15, 0.2) is 0 Å². The Hall–Kier alpha value is -1.27. The van der Waals surface area contributed by atoms with Gasteiger partial charge in [0.1, 0.15) is 24.0 Å². The maximum atomic E-state index is 6.30. The summed E-state index contributed by atoms with van der Waals surface area (Å²) in [5.41, 5.74) is 6.50. The maximum absolute atomic E-state index is 6.30. The first-order valence-electron chi connectivity index (χ1n) is 8.19. The predicted molar refractivity (Wildman–Crippen MR) is 90.6 cm³/mol. The van der Waals surface area contributed by atoms with E-state index in [0.717, 1.165) is 41.7 Å². The summed E-state index contributed by atoms with van der Waals surface area (Å²) in [6, 6.07) is 6.37. The zero-order valence-corrected chi connectivity index (χ0v) is 14.7. The molecule has 4 rings (SSSR count). The fourth-order valence-corrected chi connectivity index (χ4v) is 4.58. The smallest absolute Gasteiger partial charge is 0.283 e. The topological polar surface area (TPSA) is 66.1 Å². The molecule has 23 heavy (non-hydrogen) atoms. The van der Waals surface area contributed by atoms with Crippen LogP contribution >= 0.6 is 15.9 Å². The van der Waals surface area contributed by atoms with Crippen molar-refractivity contribution in [3.63, 3.8) is 0 Å². The Morgan fingerprint density at radius 1 is 1.43 bits per heavy atom. The molecule has 1 spiro atoms. The number of ether oxygens (including phenoxy) is 3. The molecule has 2 unspecified atom stereocenters. The van der Waals surface area contributed by atoms with Gasteiger partial charge in [0, 0.05) is 22.6 Å². The van der Waals surface area contributed by atoms with Crippen molar-refractivity contribution in [1.82, 2.24) is 0 Å². The summed E-state index contributed by atoms with van der Waals surface area (Å²) >= 11 is 3.56. The highest BCUT2D eigenvalue weighted by Crippen LogP contribution is 2.53. The number of benzene rings is 1. The SMILES string of the molecule is CCOC1CC[C@@H]2Oc3ccc(Br)cc3C3(COC(N)=N3)[C@H]2C1. The minimum atomic E-state index is -0.456. The minimum absolute atomic E-state index is 0.138. The molecule has 6 heteroatoms. The van der Waals surface area contributed by atoms with Gasteiger partial charge in [-0.1, -0.05) is 15.9 Å². The quantitative estimate of drug-likeness (QED) is 0.856. The van der Waals surface area contributed by atoms with E-state index in [1.165, 1.54) is 0 Å². The Morgan fingerprint density at radius 3 is 3.04 bits per heavy atom. The normalized spacial score (nSPS) is 35.0. The van der Waals surface area contributed by atoms with Crippen LogP contribution in [-0.4, -0.2) is 31.4 Å². The van der Waals surface area contributed by atoms with E-state index in [0.29, 0.717) is 6.61 Å². The van der Waals surface area contributed by atoms with Crippen molar-refractivity contribution in [1.29, 1.82) is 0 Å². The van der Waals surface area contributed by atoms with Crippen LogP contribution in [0, 0.1) is 5.92 Å². The molecule has 2 heterocycles. The molecular weight excluding hydrogens is 360 g/mol. The number of hydrogen-bond acceptors (Lipinski definition) is 5. The van der Waals surface area contributed by atoms with E-state index in [1.807, 2.05) is 19.1 Å². The highest BCUT2D eigenvalue weighted by atomic mass is 79.9. The number of aliphatic imine (C=N–C) groups is 1. The molecule has 0 saturated heterocycles. The first-order valence-corrected chi connectivity index (χ1v) is 8.98. The summed E-state index contributed by atoms with van der Waals surface area (Å²) in [5.74, 6) is 1.11. The van der Waals surface area contributed by atoms with Crippen molar-refractivity contribution >= 4 is 22.0 Å². The van der Waals surface area contributed by atoms with E-state index in [-0.39, 0.29) is 24.1 Å². The molecule has 4 atom stereocenters. The molecule has 0 bridgehead atoms. The molecule has 1 fully saturated rings. The van der Waals surface area contributed by atoms with Crippen LogP contribution in [0.4, 0.5) is 0 Å². The van der Waals surface area contributed by atoms with Gasteiger partial charge < -0.3 is 19.9 Å². The number of fused-ring (bicyclic) bond motifs is 4. The molecular formula is C17H21BrN2O3. The van der Waals surface area contributed by atoms with E-state index in [9.17, 15) is 0 Å². The largest absolute Gasteiger partial charge is 0.490 e. The van der Waals surface area contributed by atoms with Crippen LogP contribution in [-0.2, 0) is 15.0 Å².